The molecule has 0 spiro atoms. The van der Waals surface area contributed by atoms with Crippen LogP contribution in [0.1, 0.15) is 24.0 Å². The molecule has 2 aliphatic heterocycles. The van der Waals surface area contributed by atoms with E-state index in [-0.39, 0.29) is 11.8 Å². The Hall–Kier alpha value is -2.64. The van der Waals surface area contributed by atoms with Crippen LogP contribution >= 0.6 is 24.0 Å². The van der Waals surface area contributed by atoms with Crippen LogP contribution in [-0.4, -0.2) is 58.7 Å². The van der Waals surface area contributed by atoms with Crippen molar-refractivity contribution in [2.45, 2.75) is 19.8 Å². The number of para-hydroxylation sites is 1. The Morgan fingerprint density at radius 2 is 1.72 bits per heavy atom. The van der Waals surface area contributed by atoms with Crippen LogP contribution in [0, 0.1) is 6.92 Å². The van der Waals surface area contributed by atoms with Gasteiger partial charge in [0.2, 0.25) is 5.91 Å². The van der Waals surface area contributed by atoms with Crippen LogP contribution in [-0.2, 0) is 9.59 Å². The number of aryl methyl sites for hydroxylation is 1. The summed E-state index contributed by atoms with van der Waals surface area (Å²) in [6.07, 6.45) is 2.93. The van der Waals surface area contributed by atoms with Crippen LogP contribution in [0.5, 0.6) is 0 Å². The third-order valence-electron chi connectivity index (χ3n) is 5.77. The molecule has 2 amide bonds. The molecule has 4 rings (SSSR count). The van der Waals surface area contributed by atoms with Crippen molar-refractivity contribution >= 4 is 51.9 Å². The smallest absolute Gasteiger partial charge is 0.266 e. The quantitative estimate of drug-likeness (QED) is 0.469. The maximum absolute atomic E-state index is 12.8. The van der Waals surface area contributed by atoms with E-state index < -0.39 is 0 Å². The van der Waals surface area contributed by atoms with E-state index in [9.17, 15) is 9.59 Å². The second-order valence-electron chi connectivity index (χ2n) is 8.05. The molecule has 0 saturated carbocycles. The molecule has 0 unspecified atom stereocenters. The number of carbonyl (C=O) groups is 2. The van der Waals surface area contributed by atoms with E-state index in [0.717, 1.165) is 31.7 Å². The van der Waals surface area contributed by atoms with E-state index in [2.05, 4.69) is 17.0 Å². The predicted molar refractivity (Wildman–Crippen MR) is 136 cm³/mol. The number of rotatable bonds is 6. The molecule has 2 aromatic rings. The Kier molecular flexibility index (Phi) is 7.27. The second-order valence-corrected chi connectivity index (χ2v) is 9.73. The molecule has 2 saturated heterocycles. The van der Waals surface area contributed by atoms with Gasteiger partial charge in [-0.2, -0.15) is 0 Å². The van der Waals surface area contributed by atoms with E-state index in [4.69, 9.17) is 12.2 Å². The number of carbonyl (C=O) groups excluding carboxylic acids is 2. The fourth-order valence-corrected chi connectivity index (χ4v) is 5.21. The summed E-state index contributed by atoms with van der Waals surface area (Å²) in [6.45, 7) is 5.66. The molecule has 5 nitrogen and oxygen atoms in total. The molecule has 2 fully saturated rings. The number of piperazine rings is 1. The molecule has 2 aliphatic rings. The van der Waals surface area contributed by atoms with Gasteiger partial charge in [-0.25, -0.2) is 0 Å². The molecule has 32 heavy (non-hydrogen) atoms. The lowest BCUT2D eigenvalue weighted by atomic mass is 10.1. The zero-order valence-corrected chi connectivity index (χ0v) is 19.8. The van der Waals surface area contributed by atoms with Crippen molar-refractivity contribution in [1.29, 1.82) is 0 Å². The molecule has 2 aromatic carbocycles. The predicted octanol–water partition coefficient (Wildman–Crippen LogP) is 4.33. The zero-order valence-electron chi connectivity index (χ0n) is 18.2. The third kappa shape index (κ3) is 5.40. The van der Waals surface area contributed by atoms with Crippen LogP contribution in [0.25, 0.3) is 6.08 Å². The average molecular weight is 466 g/mol. The molecule has 7 heteroatoms. The van der Waals surface area contributed by atoms with Gasteiger partial charge in [-0.05, 0) is 37.1 Å². The summed E-state index contributed by atoms with van der Waals surface area (Å²) in [7, 11) is 0. The number of hydrogen-bond acceptors (Lipinski definition) is 5. The maximum Gasteiger partial charge on any atom is 0.266 e. The number of thiocarbonyl (C=S) groups is 1. The molecule has 166 valence electrons. The topological polar surface area (TPSA) is 43.9 Å². The van der Waals surface area contributed by atoms with Gasteiger partial charge >= 0.3 is 0 Å². The summed E-state index contributed by atoms with van der Waals surface area (Å²) in [5, 5.41) is 0. The Morgan fingerprint density at radius 3 is 2.41 bits per heavy atom. The largest absolute Gasteiger partial charge is 0.368 e. The van der Waals surface area contributed by atoms with Crippen molar-refractivity contribution in [3.63, 3.8) is 0 Å². The number of hydrogen-bond donors (Lipinski definition) is 0. The van der Waals surface area contributed by atoms with Crippen molar-refractivity contribution in [3.05, 3.63) is 70.6 Å². The standard InChI is InChI=1S/C25H27N3O2S2/c1-19-9-11-20(12-10-19)18-22-24(30)28(25(31)32-22)13-5-8-23(29)27-16-14-26(15-17-27)21-6-3-2-4-7-21/h2-4,6-7,9-12,18H,5,8,13-17H2,1H3. The molecule has 0 N–H and O–H groups in total. The highest BCUT2D eigenvalue weighted by Crippen LogP contribution is 2.32. The number of benzene rings is 2. The highest BCUT2D eigenvalue weighted by molar-refractivity contribution is 8.26. The molecule has 2 heterocycles. The highest BCUT2D eigenvalue weighted by atomic mass is 32.2. The lowest BCUT2D eigenvalue weighted by Gasteiger charge is -2.36. The van der Waals surface area contributed by atoms with Crippen LogP contribution in [0.3, 0.4) is 0 Å². The van der Waals surface area contributed by atoms with Crippen LogP contribution in [0.15, 0.2) is 59.5 Å². The van der Waals surface area contributed by atoms with Gasteiger partial charge in [0, 0.05) is 44.8 Å². The summed E-state index contributed by atoms with van der Waals surface area (Å²) in [5.74, 6) is 0.0860. The third-order valence-corrected chi connectivity index (χ3v) is 7.15. The van der Waals surface area contributed by atoms with Crippen molar-refractivity contribution in [3.8, 4) is 0 Å². The normalized spacial score (nSPS) is 18.0. The minimum absolute atomic E-state index is 0.0653. The van der Waals surface area contributed by atoms with Gasteiger partial charge in [-0.15, -0.1) is 0 Å². The van der Waals surface area contributed by atoms with Gasteiger partial charge < -0.3 is 9.80 Å². The molecule has 0 bridgehead atoms. The average Bonchev–Trinajstić information content (AvgIpc) is 3.08. The summed E-state index contributed by atoms with van der Waals surface area (Å²) in [4.78, 5) is 32.0. The van der Waals surface area contributed by atoms with E-state index in [1.807, 2.05) is 60.4 Å². The monoisotopic (exact) mass is 465 g/mol. The van der Waals surface area contributed by atoms with Gasteiger partial charge in [0.1, 0.15) is 4.32 Å². The summed E-state index contributed by atoms with van der Waals surface area (Å²) in [6, 6.07) is 18.3. The lowest BCUT2D eigenvalue weighted by molar-refractivity contribution is -0.132. The minimum atomic E-state index is -0.0653. The van der Waals surface area contributed by atoms with Crippen LogP contribution in [0.4, 0.5) is 5.69 Å². The van der Waals surface area contributed by atoms with E-state index in [1.165, 1.54) is 23.0 Å². The first-order valence-electron chi connectivity index (χ1n) is 10.9. The van der Waals surface area contributed by atoms with Gasteiger partial charge in [0.15, 0.2) is 0 Å². The Labute approximate surface area is 199 Å². The van der Waals surface area contributed by atoms with E-state index >= 15 is 0 Å². The second kappa shape index (κ2) is 10.3. The Balaban J connectivity index is 1.24. The molecule has 0 atom stereocenters. The maximum atomic E-state index is 12.8. The van der Waals surface area contributed by atoms with Crippen LogP contribution < -0.4 is 4.90 Å². The van der Waals surface area contributed by atoms with Crippen molar-refractivity contribution in [2.24, 2.45) is 0 Å². The SMILES string of the molecule is Cc1ccc(C=C2SC(=S)N(CCCC(=O)N3CCN(c4ccccc4)CC3)C2=O)cc1. The lowest BCUT2D eigenvalue weighted by Crippen LogP contribution is -2.48. The Bertz CT molecular complexity index is 1010. The summed E-state index contributed by atoms with van der Waals surface area (Å²) >= 11 is 6.76. The minimum Gasteiger partial charge on any atom is -0.368 e. The first kappa shape index (κ1) is 22.6. The molecule has 0 aromatic heterocycles. The van der Waals surface area contributed by atoms with Crippen LogP contribution in [0.2, 0.25) is 0 Å². The number of amides is 2. The number of nitrogens with zero attached hydrogens (tertiary/aromatic N) is 3. The first-order valence-corrected chi connectivity index (χ1v) is 12.1. The van der Waals surface area contributed by atoms with Gasteiger partial charge in [0.05, 0.1) is 4.91 Å². The van der Waals surface area contributed by atoms with Crippen molar-refractivity contribution in [2.75, 3.05) is 37.6 Å². The fourth-order valence-electron chi connectivity index (χ4n) is 3.91. The molecule has 0 radical (unpaired) electrons. The summed E-state index contributed by atoms with van der Waals surface area (Å²) < 4.78 is 0.567. The van der Waals surface area contributed by atoms with Crippen molar-refractivity contribution < 1.29 is 9.59 Å². The molecule has 0 aliphatic carbocycles. The highest BCUT2D eigenvalue weighted by Gasteiger charge is 2.32. The summed E-state index contributed by atoms with van der Waals surface area (Å²) in [5.41, 5.74) is 3.37. The molecular formula is C25H27N3O2S2. The zero-order chi connectivity index (χ0) is 22.5. The van der Waals surface area contributed by atoms with E-state index in [1.54, 1.807) is 4.90 Å². The van der Waals surface area contributed by atoms with Gasteiger partial charge in [-0.3, -0.25) is 14.5 Å². The first-order chi connectivity index (χ1) is 15.5. The number of anilines is 1. The van der Waals surface area contributed by atoms with Gasteiger partial charge in [0.25, 0.3) is 5.91 Å². The molecular weight excluding hydrogens is 438 g/mol. The van der Waals surface area contributed by atoms with Crippen molar-refractivity contribution in [1.82, 2.24) is 9.80 Å². The van der Waals surface area contributed by atoms with E-state index in [0.29, 0.717) is 28.6 Å². The fraction of sp³-hybridized carbons (Fsp3) is 0.320. The van der Waals surface area contributed by atoms with Gasteiger partial charge in [-0.1, -0.05) is 72.0 Å². The number of thioether (sulfide) groups is 1. The Morgan fingerprint density at radius 1 is 1.03 bits per heavy atom.